The summed E-state index contributed by atoms with van der Waals surface area (Å²) in [5.41, 5.74) is 7.53. The molecule has 0 saturated heterocycles. The second-order valence-corrected chi connectivity index (χ2v) is 5.11. The number of nitrogens with two attached hydrogens (primary N) is 1. The zero-order chi connectivity index (χ0) is 12.7. The maximum absolute atomic E-state index is 9.18. The molecule has 98 valence electrons. The van der Waals surface area contributed by atoms with Crippen molar-refractivity contribution >= 4 is 11.3 Å². The number of nitrogens with zero attached hydrogens (tertiary/aromatic N) is 1. The van der Waals surface area contributed by atoms with E-state index in [2.05, 4.69) is 35.6 Å². The normalized spacial score (nSPS) is 15.1. The van der Waals surface area contributed by atoms with Crippen LogP contribution in [0, 0.1) is 0 Å². The first-order valence-electron chi connectivity index (χ1n) is 6.37. The van der Waals surface area contributed by atoms with Gasteiger partial charge in [-0.25, -0.2) is 0 Å². The van der Waals surface area contributed by atoms with Crippen LogP contribution in [0.5, 0.6) is 0 Å². The van der Waals surface area contributed by atoms with Gasteiger partial charge in [0, 0.05) is 12.6 Å². The van der Waals surface area contributed by atoms with Crippen molar-refractivity contribution in [3.63, 3.8) is 0 Å². The van der Waals surface area contributed by atoms with Crippen molar-refractivity contribution in [2.24, 2.45) is 5.73 Å². The van der Waals surface area contributed by atoms with Gasteiger partial charge in [0.2, 0.25) is 0 Å². The van der Waals surface area contributed by atoms with E-state index in [1.807, 2.05) is 0 Å². The smallest absolute Gasteiger partial charge is 0.0558 e. The molecular weight excluding hydrogens is 232 g/mol. The van der Waals surface area contributed by atoms with E-state index in [9.17, 15) is 5.11 Å². The molecule has 0 spiro atoms. The van der Waals surface area contributed by atoms with Crippen LogP contribution < -0.4 is 5.73 Å². The Morgan fingerprint density at radius 2 is 2.18 bits per heavy atom. The lowest BCUT2D eigenvalue weighted by atomic mass is 9.98. The summed E-state index contributed by atoms with van der Waals surface area (Å²) in [5.74, 6) is 0. The van der Waals surface area contributed by atoms with Gasteiger partial charge in [-0.1, -0.05) is 13.8 Å². The third-order valence-corrected chi connectivity index (χ3v) is 3.75. The molecule has 3 N–H and O–H groups in total. The molecule has 0 aliphatic rings. The van der Waals surface area contributed by atoms with Crippen LogP contribution in [0.3, 0.4) is 0 Å². The van der Waals surface area contributed by atoms with Gasteiger partial charge in [0.25, 0.3) is 0 Å². The zero-order valence-electron chi connectivity index (χ0n) is 10.8. The molecule has 1 rings (SSSR count). The maximum atomic E-state index is 9.18. The lowest BCUT2D eigenvalue weighted by Crippen LogP contribution is -2.42. The number of aliphatic hydroxyl groups excluding tert-OH is 1. The fourth-order valence-electron chi connectivity index (χ4n) is 2.20. The topological polar surface area (TPSA) is 49.5 Å². The molecule has 3 nitrogen and oxygen atoms in total. The number of aliphatic hydroxyl groups is 1. The van der Waals surface area contributed by atoms with Crippen LogP contribution in [0.15, 0.2) is 16.8 Å². The van der Waals surface area contributed by atoms with Crippen LogP contribution in [0.4, 0.5) is 0 Å². The van der Waals surface area contributed by atoms with Gasteiger partial charge in [-0.15, -0.1) is 0 Å². The van der Waals surface area contributed by atoms with Gasteiger partial charge < -0.3 is 10.8 Å². The van der Waals surface area contributed by atoms with E-state index < -0.39 is 0 Å². The van der Waals surface area contributed by atoms with Crippen LogP contribution in [0.1, 0.15) is 38.3 Å². The predicted molar refractivity (Wildman–Crippen MR) is 74.3 cm³/mol. The SMILES string of the molecule is CCCN(CCO)C(c1ccsc1)C(N)CC. The fourth-order valence-corrected chi connectivity index (χ4v) is 2.89. The molecule has 4 heteroatoms. The molecule has 0 aliphatic carbocycles. The minimum Gasteiger partial charge on any atom is -0.395 e. The van der Waals surface area contributed by atoms with E-state index in [1.165, 1.54) is 5.56 Å². The third-order valence-electron chi connectivity index (χ3n) is 3.05. The zero-order valence-corrected chi connectivity index (χ0v) is 11.6. The van der Waals surface area contributed by atoms with Gasteiger partial charge in [0.1, 0.15) is 0 Å². The standard InChI is InChI=1S/C13H24N2OS/c1-3-6-15(7-8-16)13(12(14)4-2)11-5-9-17-10-11/h5,9-10,12-13,16H,3-4,6-8,14H2,1-2H3. The summed E-state index contributed by atoms with van der Waals surface area (Å²) in [4.78, 5) is 2.30. The molecule has 0 saturated carbocycles. The van der Waals surface area contributed by atoms with Crippen molar-refractivity contribution in [1.82, 2.24) is 4.90 Å². The summed E-state index contributed by atoms with van der Waals surface area (Å²) in [6.45, 7) is 6.15. The highest BCUT2D eigenvalue weighted by Crippen LogP contribution is 2.26. The van der Waals surface area contributed by atoms with Crippen molar-refractivity contribution in [2.45, 2.75) is 38.8 Å². The first kappa shape index (κ1) is 14.6. The van der Waals surface area contributed by atoms with Crippen LogP contribution in [0.25, 0.3) is 0 Å². The molecule has 0 radical (unpaired) electrons. The highest BCUT2D eigenvalue weighted by atomic mass is 32.1. The molecular formula is C13H24N2OS. The van der Waals surface area contributed by atoms with Crippen molar-refractivity contribution in [3.8, 4) is 0 Å². The minimum absolute atomic E-state index is 0.127. The molecule has 0 bridgehead atoms. The van der Waals surface area contributed by atoms with E-state index in [1.54, 1.807) is 11.3 Å². The average Bonchev–Trinajstić information content (AvgIpc) is 2.83. The van der Waals surface area contributed by atoms with Crippen LogP contribution >= 0.6 is 11.3 Å². The Bertz CT molecular complexity index is 284. The number of hydrogen-bond donors (Lipinski definition) is 2. The highest BCUT2D eigenvalue weighted by molar-refractivity contribution is 7.07. The van der Waals surface area contributed by atoms with Crippen LogP contribution in [-0.4, -0.2) is 35.7 Å². The maximum Gasteiger partial charge on any atom is 0.0558 e. The van der Waals surface area contributed by atoms with E-state index in [4.69, 9.17) is 5.73 Å². The van der Waals surface area contributed by atoms with Gasteiger partial charge in [-0.2, -0.15) is 11.3 Å². The Balaban J connectivity index is 2.86. The van der Waals surface area contributed by atoms with Crippen molar-refractivity contribution in [1.29, 1.82) is 0 Å². The molecule has 0 amide bonds. The average molecular weight is 256 g/mol. The van der Waals surface area contributed by atoms with Crippen molar-refractivity contribution in [3.05, 3.63) is 22.4 Å². The Hall–Kier alpha value is -0.420. The van der Waals surface area contributed by atoms with Gasteiger partial charge in [-0.05, 0) is 41.8 Å². The van der Waals surface area contributed by atoms with Crippen LogP contribution in [0.2, 0.25) is 0 Å². The summed E-state index contributed by atoms with van der Waals surface area (Å²) >= 11 is 1.70. The summed E-state index contributed by atoms with van der Waals surface area (Å²) in [5, 5.41) is 13.4. The Labute approximate surface area is 108 Å². The second kappa shape index (κ2) is 7.82. The Morgan fingerprint density at radius 3 is 2.65 bits per heavy atom. The van der Waals surface area contributed by atoms with Crippen molar-refractivity contribution in [2.75, 3.05) is 19.7 Å². The molecule has 2 atom stereocenters. The molecule has 1 aromatic heterocycles. The lowest BCUT2D eigenvalue weighted by Gasteiger charge is -2.34. The van der Waals surface area contributed by atoms with Crippen molar-refractivity contribution < 1.29 is 5.11 Å². The largest absolute Gasteiger partial charge is 0.395 e. The van der Waals surface area contributed by atoms with E-state index in [0.717, 1.165) is 19.4 Å². The highest BCUT2D eigenvalue weighted by Gasteiger charge is 2.25. The Morgan fingerprint density at radius 1 is 1.41 bits per heavy atom. The first-order chi connectivity index (χ1) is 8.24. The van der Waals surface area contributed by atoms with E-state index in [-0.39, 0.29) is 18.7 Å². The lowest BCUT2D eigenvalue weighted by molar-refractivity contribution is 0.132. The predicted octanol–water partition coefficient (Wildman–Crippen LogP) is 2.23. The Kier molecular flexibility index (Phi) is 6.73. The van der Waals surface area contributed by atoms with Gasteiger partial charge in [0.15, 0.2) is 0 Å². The van der Waals surface area contributed by atoms with Gasteiger partial charge in [0.05, 0.1) is 12.6 Å². The summed E-state index contributed by atoms with van der Waals surface area (Å²) in [7, 11) is 0. The first-order valence-corrected chi connectivity index (χ1v) is 7.31. The fraction of sp³-hybridized carbons (Fsp3) is 0.692. The number of rotatable bonds is 8. The quantitative estimate of drug-likeness (QED) is 0.750. The number of hydrogen-bond acceptors (Lipinski definition) is 4. The molecule has 1 aromatic rings. The monoisotopic (exact) mass is 256 g/mol. The summed E-state index contributed by atoms with van der Waals surface area (Å²) in [6, 6.07) is 2.51. The third kappa shape index (κ3) is 4.07. The van der Waals surface area contributed by atoms with Gasteiger partial charge in [-0.3, -0.25) is 4.90 Å². The molecule has 0 fully saturated rings. The minimum atomic E-state index is 0.127. The molecule has 1 heterocycles. The molecule has 0 aromatic carbocycles. The molecule has 2 unspecified atom stereocenters. The van der Waals surface area contributed by atoms with E-state index in [0.29, 0.717) is 6.54 Å². The molecule has 0 aliphatic heterocycles. The number of thiophene rings is 1. The summed E-state index contributed by atoms with van der Waals surface area (Å²) in [6.07, 6.45) is 2.03. The molecule has 17 heavy (non-hydrogen) atoms. The van der Waals surface area contributed by atoms with E-state index >= 15 is 0 Å². The van der Waals surface area contributed by atoms with Crippen LogP contribution in [-0.2, 0) is 0 Å². The second-order valence-electron chi connectivity index (χ2n) is 4.33. The van der Waals surface area contributed by atoms with Gasteiger partial charge >= 0.3 is 0 Å². The summed E-state index contributed by atoms with van der Waals surface area (Å²) < 4.78 is 0.